The lowest BCUT2D eigenvalue weighted by molar-refractivity contribution is -0.0898. The smallest absolute Gasteiger partial charge is 0.166 e. The highest BCUT2D eigenvalue weighted by atomic mass is 16.5. The number of benzene rings is 1. The summed E-state index contributed by atoms with van der Waals surface area (Å²) < 4.78 is 5.28. The predicted octanol–water partition coefficient (Wildman–Crippen LogP) is 5.18. The number of hydrogen-bond acceptors (Lipinski definition) is 7. The Morgan fingerprint density at radius 3 is 2.63 bits per heavy atom. The highest BCUT2D eigenvalue weighted by Crippen LogP contribution is 2.59. The highest BCUT2D eigenvalue weighted by Gasteiger charge is 2.57. The van der Waals surface area contributed by atoms with Crippen molar-refractivity contribution in [1.82, 2.24) is 4.90 Å². The van der Waals surface area contributed by atoms with E-state index < -0.39 is 23.2 Å². The lowest BCUT2D eigenvalue weighted by Crippen LogP contribution is -2.54. The van der Waals surface area contributed by atoms with Crippen LogP contribution < -0.4 is 0 Å². The minimum absolute atomic E-state index is 0.000693. The fourth-order valence-corrected chi connectivity index (χ4v) is 8.19. The van der Waals surface area contributed by atoms with E-state index >= 15 is 0 Å². The molecule has 0 heterocycles. The molecule has 0 aliphatic heterocycles. The summed E-state index contributed by atoms with van der Waals surface area (Å²) in [6, 6.07) is 6.29. The maximum absolute atomic E-state index is 14.2. The Morgan fingerprint density at radius 1 is 1.14 bits per heavy atom. The average Bonchev–Trinajstić information content (AvgIpc) is 3.25. The molecule has 242 valence electrons. The Balaban J connectivity index is 1.75. The van der Waals surface area contributed by atoms with Gasteiger partial charge in [-0.25, -0.2) is 0 Å². The second kappa shape index (κ2) is 15.6. The third kappa shape index (κ3) is 8.36. The van der Waals surface area contributed by atoms with Gasteiger partial charge >= 0.3 is 0 Å². The van der Waals surface area contributed by atoms with Crippen LogP contribution in [0, 0.1) is 11.3 Å². The number of Topliss-reactive ketones (excluding diaryl/α,β-unsaturated/α-hetero) is 1. The molecule has 2 bridgehead atoms. The lowest BCUT2D eigenvalue weighted by Gasteiger charge is -2.46. The molecular weight excluding hydrogens is 542 g/mol. The number of rotatable bonds is 11. The van der Waals surface area contributed by atoms with Crippen molar-refractivity contribution in [3.8, 4) is 0 Å². The van der Waals surface area contributed by atoms with Crippen molar-refractivity contribution in [2.45, 2.75) is 121 Å². The molecule has 0 saturated heterocycles. The zero-order valence-corrected chi connectivity index (χ0v) is 26.9. The number of allylic oxidation sites excluding steroid dienone is 2. The molecule has 2 fully saturated rings. The second-order valence-corrected chi connectivity index (χ2v) is 14.1. The zero-order valence-electron chi connectivity index (χ0n) is 26.9. The molecule has 43 heavy (non-hydrogen) atoms. The number of aliphatic hydroxyl groups excluding tert-OH is 3. The van der Waals surface area contributed by atoms with Gasteiger partial charge in [0.05, 0.1) is 24.4 Å². The van der Waals surface area contributed by atoms with Crippen LogP contribution in [0.2, 0.25) is 0 Å². The van der Waals surface area contributed by atoms with Gasteiger partial charge in [-0.05, 0) is 94.2 Å². The van der Waals surface area contributed by atoms with Gasteiger partial charge in [0, 0.05) is 50.2 Å². The van der Waals surface area contributed by atoms with Gasteiger partial charge < -0.3 is 25.2 Å². The Hall–Kier alpha value is -1.61. The molecule has 5 rings (SSSR count). The van der Waals surface area contributed by atoms with Crippen LogP contribution >= 0.6 is 0 Å². The number of aliphatic hydroxyl groups is 4. The Morgan fingerprint density at radius 2 is 1.91 bits per heavy atom. The first-order valence-corrected chi connectivity index (χ1v) is 16.8. The van der Waals surface area contributed by atoms with E-state index in [-0.39, 0.29) is 30.8 Å². The molecule has 5 atom stereocenters. The lowest BCUT2D eigenvalue weighted by atomic mass is 9.64. The second-order valence-electron chi connectivity index (χ2n) is 14.1. The molecule has 2 saturated carbocycles. The number of ketones is 1. The van der Waals surface area contributed by atoms with Crippen molar-refractivity contribution in [3.05, 3.63) is 46.5 Å². The van der Waals surface area contributed by atoms with Crippen LogP contribution in [0.25, 0.3) is 0 Å². The van der Waals surface area contributed by atoms with Crippen molar-refractivity contribution in [1.29, 1.82) is 0 Å². The van der Waals surface area contributed by atoms with Crippen LogP contribution in [0.15, 0.2) is 29.8 Å². The monoisotopic (exact) mass is 599 g/mol. The third-order valence-corrected chi connectivity index (χ3v) is 10.9. The van der Waals surface area contributed by atoms with Crippen LogP contribution in [-0.2, 0) is 11.2 Å². The fourth-order valence-electron chi connectivity index (χ4n) is 8.19. The molecule has 7 heteroatoms. The molecule has 0 radical (unpaired) electrons. The van der Waals surface area contributed by atoms with Gasteiger partial charge in [-0.15, -0.1) is 0 Å². The van der Waals surface area contributed by atoms with E-state index in [0.29, 0.717) is 39.0 Å². The number of ether oxygens (including phenoxy) is 1. The normalized spacial score (nSPS) is 29.7. The van der Waals surface area contributed by atoms with E-state index in [1.165, 1.54) is 12.0 Å². The van der Waals surface area contributed by atoms with Gasteiger partial charge in [0.15, 0.2) is 5.78 Å². The van der Waals surface area contributed by atoms with Crippen LogP contribution in [0.3, 0.4) is 0 Å². The topological polar surface area (TPSA) is 110 Å². The highest BCUT2D eigenvalue weighted by molar-refractivity contribution is 5.99. The molecule has 0 unspecified atom stereocenters. The summed E-state index contributed by atoms with van der Waals surface area (Å²) in [5, 5.41) is 43.5. The Labute approximate surface area is 259 Å². The number of methoxy groups -OCH3 is 1. The van der Waals surface area contributed by atoms with Crippen LogP contribution in [0.4, 0.5) is 0 Å². The largest absolute Gasteiger partial charge is 0.394 e. The first-order chi connectivity index (χ1) is 20.6. The van der Waals surface area contributed by atoms with Crippen LogP contribution in [0.1, 0.15) is 118 Å². The molecule has 4 aliphatic carbocycles. The first-order valence-electron chi connectivity index (χ1n) is 16.8. The number of fused-ring (bicyclic) bond motifs is 8. The van der Waals surface area contributed by atoms with Crippen molar-refractivity contribution in [2.75, 3.05) is 40.0 Å². The van der Waals surface area contributed by atoms with E-state index in [1.807, 2.05) is 0 Å². The van der Waals surface area contributed by atoms with Gasteiger partial charge in [0.1, 0.15) is 0 Å². The molecule has 4 aliphatic rings. The number of carbonyl (C=O) groups excluding carboxylic acids is 1. The van der Waals surface area contributed by atoms with Gasteiger partial charge in [0.2, 0.25) is 0 Å². The van der Waals surface area contributed by atoms with Crippen molar-refractivity contribution in [3.63, 3.8) is 0 Å². The van der Waals surface area contributed by atoms with E-state index in [2.05, 4.69) is 43.0 Å². The minimum Gasteiger partial charge on any atom is -0.394 e. The quantitative estimate of drug-likeness (QED) is 0.158. The maximum atomic E-state index is 14.2. The third-order valence-electron chi connectivity index (χ3n) is 10.9. The van der Waals surface area contributed by atoms with E-state index in [0.717, 1.165) is 74.5 Å². The molecule has 1 aromatic rings. The van der Waals surface area contributed by atoms with E-state index in [9.17, 15) is 25.2 Å². The minimum atomic E-state index is -1.04. The molecule has 0 aromatic heterocycles. The summed E-state index contributed by atoms with van der Waals surface area (Å²) in [4.78, 5) is 16.3. The number of carbonyl (C=O) groups is 1. The Bertz CT molecular complexity index is 1080. The van der Waals surface area contributed by atoms with Gasteiger partial charge in [-0.2, -0.15) is 0 Å². The van der Waals surface area contributed by atoms with Crippen molar-refractivity contribution in [2.24, 2.45) is 11.3 Å². The Kier molecular flexibility index (Phi) is 12.4. The average molecular weight is 600 g/mol. The van der Waals surface area contributed by atoms with E-state index in [1.54, 1.807) is 7.11 Å². The number of hydrogen-bond donors (Lipinski definition) is 4. The predicted molar refractivity (Wildman–Crippen MR) is 170 cm³/mol. The molecule has 7 nitrogen and oxygen atoms in total. The zero-order chi connectivity index (χ0) is 31.0. The molecule has 4 N–H and O–H groups in total. The summed E-state index contributed by atoms with van der Waals surface area (Å²) in [5.41, 5.74) is 2.55. The summed E-state index contributed by atoms with van der Waals surface area (Å²) >= 11 is 0. The molecular formula is C36H57NO6. The summed E-state index contributed by atoms with van der Waals surface area (Å²) in [6.07, 6.45) is 11.9. The first kappa shape index (κ1) is 34.3. The van der Waals surface area contributed by atoms with Gasteiger partial charge in [0.25, 0.3) is 0 Å². The van der Waals surface area contributed by atoms with E-state index in [4.69, 9.17) is 4.74 Å². The summed E-state index contributed by atoms with van der Waals surface area (Å²) in [7, 11) is 1.67. The number of nitrogens with zero attached hydrogens (tertiary/aromatic N) is 1. The van der Waals surface area contributed by atoms with Crippen LogP contribution in [0.5, 0.6) is 0 Å². The van der Waals surface area contributed by atoms with Crippen molar-refractivity contribution < 1.29 is 30.0 Å². The maximum Gasteiger partial charge on any atom is 0.166 e. The molecule has 0 spiro atoms. The van der Waals surface area contributed by atoms with Gasteiger partial charge in [-0.1, -0.05) is 50.0 Å². The fraction of sp³-hybridized carbons (Fsp3) is 0.750. The summed E-state index contributed by atoms with van der Waals surface area (Å²) in [5.74, 6) is 0.276. The molecule has 0 amide bonds. The van der Waals surface area contributed by atoms with Crippen molar-refractivity contribution >= 4 is 5.78 Å². The standard InChI is InChI=1S/C36H57NO6/c1-26-9-7-17-35(2)33(16-18-36(35,42)25-37(19-8-20-43-3)23-30(40)24-38)31-15-13-27(21-29(39)14-12-26)22-32(31)34(41)28-10-5-4-6-11-28/h9,13,15,22,28-30,33,38-40,42H,4-8,10-12,14,16-21,23-25H2,1-3H3/t29-,30-,33-,35-,36+/m0/s1. The van der Waals surface area contributed by atoms with Gasteiger partial charge in [-0.3, -0.25) is 9.69 Å². The molecule has 1 aromatic carbocycles. The summed E-state index contributed by atoms with van der Waals surface area (Å²) in [6.45, 7) is 5.92. The van der Waals surface area contributed by atoms with Crippen LogP contribution in [-0.4, -0.2) is 88.9 Å². The SMILES string of the molecule is COCCCN(C[C@H](O)CO)C[C@]1(O)CC[C@H]2c3ccc(cc3C(=O)C3CCCCC3)C[C@@H](O)CCC(C)=CCC[C@@]21C.